The molecule has 0 atom stereocenters. The molecule has 170 valence electrons. The summed E-state index contributed by atoms with van der Waals surface area (Å²) in [7, 11) is 4.67. The maximum Gasteiger partial charge on any atom is 0.416 e. The molecule has 1 N–H and O–H groups in total. The molecular weight excluding hydrogens is 423 g/mol. The molecule has 7 nitrogen and oxygen atoms in total. The smallest absolute Gasteiger partial charge is 0.416 e. The van der Waals surface area contributed by atoms with Crippen molar-refractivity contribution >= 4 is 17.4 Å². The second-order valence-corrected chi connectivity index (χ2v) is 7.45. The fraction of sp³-hybridized carbons (Fsp3) is 0.318. The first kappa shape index (κ1) is 23.1. The summed E-state index contributed by atoms with van der Waals surface area (Å²) in [5.74, 6) is 0.372. The third-order valence-electron chi connectivity index (χ3n) is 4.74. The van der Waals surface area contributed by atoms with Crippen LogP contribution in [0.1, 0.15) is 23.4 Å². The number of hydrogen-bond acceptors (Lipinski definition) is 5. The molecule has 0 saturated heterocycles. The number of amides is 1. The Morgan fingerprint density at radius 1 is 1.19 bits per heavy atom. The molecule has 0 bridgehead atoms. The molecule has 1 aromatic carbocycles. The number of methoxy groups -OCH3 is 1. The molecule has 2 heterocycles. The number of rotatable bonds is 7. The zero-order chi connectivity index (χ0) is 23.5. The van der Waals surface area contributed by atoms with Crippen molar-refractivity contribution in [3.63, 3.8) is 0 Å². The molecule has 0 radical (unpaired) electrons. The predicted octanol–water partition coefficient (Wildman–Crippen LogP) is 4.37. The van der Waals surface area contributed by atoms with E-state index in [0.717, 1.165) is 29.2 Å². The van der Waals surface area contributed by atoms with Gasteiger partial charge in [0.15, 0.2) is 5.82 Å². The van der Waals surface area contributed by atoms with Crippen molar-refractivity contribution in [1.29, 1.82) is 0 Å². The van der Waals surface area contributed by atoms with Crippen LogP contribution in [0.3, 0.4) is 0 Å². The highest BCUT2D eigenvalue weighted by atomic mass is 19.4. The molecule has 1 amide bonds. The van der Waals surface area contributed by atoms with Crippen LogP contribution >= 0.6 is 0 Å². The van der Waals surface area contributed by atoms with Crippen molar-refractivity contribution in [3.05, 3.63) is 59.5 Å². The number of benzene rings is 1. The second kappa shape index (κ2) is 9.29. The highest BCUT2D eigenvalue weighted by molar-refractivity contribution is 5.75. The van der Waals surface area contributed by atoms with Gasteiger partial charge in [0.2, 0.25) is 5.91 Å². The maximum absolute atomic E-state index is 13.2. The Labute approximate surface area is 183 Å². The van der Waals surface area contributed by atoms with Gasteiger partial charge in [-0.05, 0) is 37.6 Å². The van der Waals surface area contributed by atoms with Crippen LogP contribution in [0.5, 0.6) is 5.75 Å². The fourth-order valence-electron chi connectivity index (χ4n) is 3.10. The minimum atomic E-state index is -4.52. The van der Waals surface area contributed by atoms with Crippen LogP contribution in [0.2, 0.25) is 0 Å². The first-order valence-electron chi connectivity index (χ1n) is 9.82. The highest BCUT2D eigenvalue weighted by Gasteiger charge is 2.31. The van der Waals surface area contributed by atoms with Crippen molar-refractivity contribution in [2.75, 3.05) is 26.5 Å². The van der Waals surface area contributed by atoms with E-state index in [-0.39, 0.29) is 23.8 Å². The standard InChI is InChI=1S/C22H24F3N5O2/c1-14-9-18(7-8-26-14)30-17(5-6-21(31)29(2)3)13-20(28-30)27-16-10-15(22(23,24)25)11-19(12-16)32-4/h7-13H,5-6H2,1-4H3,(H,27,28). The Bertz CT molecular complexity index is 1110. The molecule has 0 aliphatic carbocycles. The quantitative estimate of drug-likeness (QED) is 0.583. The van der Waals surface area contributed by atoms with Gasteiger partial charge in [0.1, 0.15) is 5.75 Å². The normalized spacial score (nSPS) is 11.3. The summed E-state index contributed by atoms with van der Waals surface area (Å²) in [6.45, 7) is 1.84. The zero-order valence-corrected chi connectivity index (χ0v) is 18.2. The number of aromatic nitrogens is 3. The molecule has 0 aliphatic heterocycles. The molecule has 0 spiro atoms. The number of aryl methyl sites for hydroxylation is 2. The SMILES string of the molecule is COc1cc(Nc2cc(CCC(=O)N(C)C)n(-c3ccnc(C)c3)n2)cc(C(F)(F)F)c1. The van der Waals surface area contributed by atoms with Crippen molar-refractivity contribution in [1.82, 2.24) is 19.7 Å². The lowest BCUT2D eigenvalue weighted by Gasteiger charge is -2.12. The molecule has 0 unspecified atom stereocenters. The van der Waals surface area contributed by atoms with E-state index < -0.39 is 11.7 Å². The molecule has 3 aromatic rings. The lowest BCUT2D eigenvalue weighted by molar-refractivity contribution is -0.137. The average molecular weight is 447 g/mol. The Kier molecular flexibility index (Phi) is 6.71. The van der Waals surface area contributed by atoms with Crippen LogP contribution in [-0.4, -0.2) is 46.8 Å². The lowest BCUT2D eigenvalue weighted by atomic mass is 10.1. The molecule has 10 heteroatoms. The number of carbonyl (C=O) groups excluding carboxylic acids is 1. The third kappa shape index (κ3) is 5.57. The monoisotopic (exact) mass is 447 g/mol. The Morgan fingerprint density at radius 3 is 2.56 bits per heavy atom. The number of anilines is 2. The van der Waals surface area contributed by atoms with E-state index in [1.165, 1.54) is 18.1 Å². The number of halogens is 3. The van der Waals surface area contributed by atoms with Gasteiger partial charge in [-0.15, -0.1) is 5.10 Å². The summed E-state index contributed by atoms with van der Waals surface area (Å²) in [5, 5.41) is 7.44. The van der Waals surface area contributed by atoms with Gasteiger partial charge in [-0.3, -0.25) is 9.78 Å². The lowest BCUT2D eigenvalue weighted by Crippen LogP contribution is -2.22. The summed E-state index contributed by atoms with van der Waals surface area (Å²) in [5.41, 5.74) is 1.60. The van der Waals surface area contributed by atoms with Crippen molar-refractivity contribution < 1.29 is 22.7 Å². The largest absolute Gasteiger partial charge is 0.497 e. The van der Waals surface area contributed by atoms with Gasteiger partial charge in [-0.1, -0.05) is 0 Å². The van der Waals surface area contributed by atoms with Crippen molar-refractivity contribution in [2.24, 2.45) is 0 Å². The zero-order valence-electron chi connectivity index (χ0n) is 18.2. The van der Waals surface area contributed by atoms with Crippen LogP contribution in [0, 0.1) is 6.92 Å². The van der Waals surface area contributed by atoms with Gasteiger partial charge in [0.05, 0.1) is 18.4 Å². The molecule has 0 aliphatic rings. The topological polar surface area (TPSA) is 72.3 Å². The van der Waals surface area contributed by atoms with E-state index in [9.17, 15) is 18.0 Å². The van der Waals surface area contributed by atoms with Crippen molar-refractivity contribution in [3.8, 4) is 11.4 Å². The minimum absolute atomic E-state index is 0.0409. The predicted molar refractivity (Wildman–Crippen MR) is 114 cm³/mol. The molecule has 0 fully saturated rings. The van der Waals surface area contributed by atoms with Gasteiger partial charge >= 0.3 is 6.18 Å². The summed E-state index contributed by atoms with van der Waals surface area (Å²) in [4.78, 5) is 17.8. The van der Waals surface area contributed by atoms with E-state index in [2.05, 4.69) is 15.4 Å². The summed E-state index contributed by atoms with van der Waals surface area (Å²) in [6, 6.07) is 8.70. The van der Waals surface area contributed by atoms with Crippen LogP contribution < -0.4 is 10.1 Å². The van der Waals surface area contributed by atoms with Gasteiger partial charge in [-0.25, -0.2) is 4.68 Å². The number of nitrogens with zero attached hydrogens (tertiary/aromatic N) is 4. The summed E-state index contributed by atoms with van der Waals surface area (Å²) < 4.78 is 46.4. The number of ether oxygens (including phenoxy) is 1. The second-order valence-electron chi connectivity index (χ2n) is 7.45. The van der Waals surface area contributed by atoms with E-state index >= 15 is 0 Å². The van der Waals surface area contributed by atoms with E-state index in [4.69, 9.17) is 4.74 Å². The van der Waals surface area contributed by atoms with E-state index in [1.807, 2.05) is 13.0 Å². The molecule has 0 saturated carbocycles. The van der Waals surface area contributed by atoms with Gasteiger partial charge < -0.3 is 15.0 Å². The van der Waals surface area contributed by atoms with E-state index in [1.54, 1.807) is 37.1 Å². The van der Waals surface area contributed by atoms with E-state index in [0.29, 0.717) is 12.2 Å². The Balaban J connectivity index is 1.97. The van der Waals surface area contributed by atoms with Crippen LogP contribution in [0.15, 0.2) is 42.6 Å². The number of hydrogen-bond donors (Lipinski definition) is 1. The first-order valence-corrected chi connectivity index (χ1v) is 9.82. The molecular formula is C22H24F3N5O2. The Morgan fingerprint density at radius 2 is 1.94 bits per heavy atom. The number of carbonyl (C=O) groups is 1. The maximum atomic E-state index is 13.2. The Hall–Kier alpha value is -3.56. The van der Waals surface area contributed by atoms with Gasteiger partial charge in [-0.2, -0.15) is 13.2 Å². The average Bonchev–Trinajstić information content (AvgIpc) is 3.13. The summed E-state index contributed by atoms with van der Waals surface area (Å²) in [6.07, 6.45) is -2.21. The van der Waals surface area contributed by atoms with Crippen LogP contribution in [-0.2, 0) is 17.4 Å². The van der Waals surface area contributed by atoms with Crippen LogP contribution in [0.4, 0.5) is 24.7 Å². The first-order chi connectivity index (χ1) is 15.1. The van der Waals surface area contributed by atoms with Gasteiger partial charge in [0.25, 0.3) is 0 Å². The number of alkyl halides is 3. The molecule has 2 aromatic heterocycles. The number of pyridine rings is 1. The fourth-order valence-corrected chi connectivity index (χ4v) is 3.10. The van der Waals surface area contributed by atoms with Crippen LogP contribution in [0.25, 0.3) is 5.69 Å². The van der Waals surface area contributed by atoms with Gasteiger partial charge in [0, 0.05) is 55.9 Å². The highest BCUT2D eigenvalue weighted by Crippen LogP contribution is 2.35. The number of nitrogens with one attached hydrogen (secondary N) is 1. The molecule has 3 rings (SSSR count). The third-order valence-corrected chi connectivity index (χ3v) is 4.74. The van der Waals surface area contributed by atoms with Crippen molar-refractivity contribution in [2.45, 2.75) is 25.9 Å². The molecule has 32 heavy (non-hydrogen) atoms. The summed E-state index contributed by atoms with van der Waals surface area (Å²) >= 11 is 0. The minimum Gasteiger partial charge on any atom is -0.497 e.